The van der Waals surface area contributed by atoms with E-state index >= 15 is 0 Å². The molecular formula is C25H32F3N7O3. The van der Waals surface area contributed by atoms with Crippen LogP contribution in [0.25, 0.3) is 11.3 Å². The molecule has 4 rings (SSSR count). The van der Waals surface area contributed by atoms with Crippen molar-refractivity contribution >= 4 is 17.8 Å². The number of benzene rings is 1. The maximum Gasteiger partial charge on any atom is 0.416 e. The molecule has 2 amide bonds. The molecule has 1 saturated carbocycles. The number of ether oxygens (including phenoxy) is 1. The summed E-state index contributed by atoms with van der Waals surface area (Å²) < 4.78 is 44.1. The Bertz CT molecular complexity index is 1080. The fourth-order valence-corrected chi connectivity index (χ4v) is 4.62. The van der Waals surface area contributed by atoms with Crippen molar-refractivity contribution in [2.75, 3.05) is 51.3 Å². The zero-order valence-electron chi connectivity index (χ0n) is 21.2. The Hall–Kier alpha value is -3.32. The van der Waals surface area contributed by atoms with Gasteiger partial charge in [0.25, 0.3) is 0 Å². The Morgan fingerprint density at radius 3 is 2.34 bits per heavy atom. The molecule has 1 aromatic carbocycles. The third-order valence-corrected chi connectivity index (χ3v) is 6.85. The first-order valence-corrected chi connectivity index (χ1v) is 12.7. The van der Waals surface area contributed by atoms with E-state index in [1.165, 1.54) is 18.3 Å². The highest BCUT2D eigenvalue weighted by Gasteiger charge is 2.30. The van der Waals surface area contributed by atoms with E-state index in [1.54, 1.807) is 7.05 Å². The van der Waals surface area contributed by atoms with Crippen LogP contribution in [0.3, 0.4) is 0 Å². The highest BCUT2D eigenvalue weighted by atomic mass is 19.4. The summed E-state index contributed by atoms with van der Waals surface area (Å²) in [6.07, 6.45) is 0.319. The molecule has 0 spiro atoms. The lowest BCUT2D eigenvalue weighted by molar-refractivity contribution is -0.137. The molecule has 1 aliphatic heterocycles. The van der Waals surface area contributed by atoms with Gasteiger partial charge in [-0.2, -0.15) is 18.3 Å². The number of aromatic nitrogens is 3. The molecule has 0 radical (unpaired) electrons. The Morgan fingerprint density at radius 1 is 1.03 bits per heavy atom. The Morgan fingerprint density at radius 2 is 1.71 bits per heavy atom. The van der Waals surface area contributed by atoms with Crippen molar-refractivity contribution in [3.63, 3.8) is 0 Å². The molecule has 1 aromatic heterocycles. The number of anilines is 1. The number of nitrogens with one attached hydrogen (secondary N) is 2. The minimum absolute atomic E-state index is 0.0182. The topological polar surface area (TPSA) is 113 Å². The molecule has 0 bridgehead atoms. The maximum atomic E-state index is 12.8. The molecule has 2 aliphatic rings. The highest BCUT2D eigenvalue weighted by molar-refractivity contribution is 5.78. The summed E-state index contributed by atoms with van der Waals surface area (Å²) in [5.41, 5.74) is 0.249. The summed E-state index contributed by atoms with van der Waals surface area (Å²) in [7, 11) is 1.58. The number of hydrogen-bond acceptors (Lipinski definition) is 8. The van der Waals surface area contributed by atoms with Crippen LogP contribution in [0.1, 0.15) is 31.2 Å². The molecule has 206 valence electrons. The molecule has 10 nitrogen and oxygen atoms in total. The van der Waals surface area contributed by atoms with Crippen LogP contribution in [0.2, 0.25) is 0 Å². The van der Waals surface area contributed by atoms with Crippen LogP contribution >= 0.6 is 0 Å². The number of nitrogens with zero attached hydrogens (tertiary/aromatic N) is 5. The van der Waals surface area contributed by atoms with E-state index < -0.39 is 11.7 Å². The van der Waals surface area contributed by atoms with Crippen molar-refractivity contribution < 1.29 is 27.5 Å². The molecular weight excluding hydrogens is 503 g/mol. The van der Waals surface area contributed by atoms with Gasteiger partial charge in [0.2, 0.25) is 17.8 Å². The standard InChI is InChI=1S/C25H32F3N7O3/c1-29-23(37)16-38-20-8-6-19(7-9-20)31-22(36)15-34-10-12-35(13-11-34)24-32-21(14-30-33-24)17-2-4-18(5-3-17)25(26,27)28/h2-5,14,19-20H,6-13,15-16H2,1H3,(H,29,37)(H,31,36). The van der Waals surface area contributed by atoms with E-state index in [0.29, 0.717) is 49.9 Å². The van der Waals surface area contributed by atoms with Gasteiger partial charge in [-0.05, 0) is 37.8 Å². The van der Waals surface area contributed by atoms with E-state index in [0.717, 1.165) is 37.8 Å². The summed E-state index contributed by atoms with van der Waals surface area (Å²) in [5, 5.41) is 13.7. The average Bonchev–Trinajstić information content (AvgIpc) is 2.92. The number of halogens is 3. The van der Waals surface area contributed by atoms with Crippen LogP contribution in [0.4, 0.5) is 19.1 Å². The van der Waals surface area contributed by atoms with Gasteiger partial charge in [-0.25, -0.2) is 4.98 Å². The second kappa shape index (κ2) is 12.5. The summed E-state index contributed by atoms with van der Waals surface area (Å²) in [6, 6.07) is 4.90. The molecule has 0 unspecified atom stereocenters. The van der Waals surface area contributed by atoms with Crippen molar-refractivity contribution in [1.29, 1.82) is 0 Å². The summed E-state index contributed by atoms with van der Waals surface area (Å²) in [6.45, 7) is 2.83. The van der Waals surface area contributed by atoms with Crippen molar-refractivity contribution in [2.24, 2.45) is 0 Å². The lowest BCUT2D eigenvalue weighted by atomic mass is 9.93. The zero-order chi connectivity index (χ0) is 27.1. The van der Waals surface area contributed by atoms with Crippen LogP contribution < -0.4 is 15.5 Å². The Balaban J connectivity index is 1.21. The summed E-state index contributed by atoms with van der Waals surface area (Å²) in [5.74, 6) is 0.243. The van der Waals surface area contributed by atoms with Gasteiger partial charge in [-0.3, -0.25) is 14.5 Å². The van der Waals surface area contributed by atoms with Crippen LogP contribution in [-0.2, 0) is 20.5 Å². The molecule has 1 aliphatic carbocycles. The normalized spacial score (nSPS) is 20.7. The number of carbonyl (C=O) groups excluding carboxylic acids is 2. The van der Waals surface area contributed by atoms with E-state index in [2.05, 4.69) is 30.7 Å². The molecule has 0 atom stereocenters. The first-order valence-electron chi connectivity index (χ1n) is 12.7. The van der Waals surface area contributed by atoms with E-state index in [4.69, 9.17) is 4.74 Å². The van der Waals surface area contributed by atoms with E-state index in [-0.39, 0.29) is 30.6 Å². The average molecular weight is 536 g/mol. The Labute approximate surface area is 218 Å². The number of carbonyl (C=O) groups is 2. The van der Waals surface area contributed by atoms with Gasteiger partial charge in [0.1, 0.15) is 6.61 Å². The number of piperazine rings is 1. The number of hydrogen-bond donors (Lipinski definition) is 2. The third kappa shape index (κ3) is 7.60. The maximum absolute atomic E-state index is 12.8. The second-order valence-electron chi connectivity index (χ2n) is 9.51. The van der Waals surface area contributed by atoms with Crippen molar-refractivity contribution in [3.8, 4) is 11.3 Å². The molecule has 13 heteroatoms. The smallest absolute Gasteiger partial charge is 0.368 e. The molecule has 2 aromatic rings. The first kappa shape index (κ1) is 27.7. The molecule has 2 N–H and O–H groups in total. The second-order valence-corrected chi connectivity index (χ2v) is 9.51. The third-order valence-electron chi connectivity index (χ3n) is 6.85. The minimum Gasteiger partial charge on any atom is -0.368 e. The van der Waals surface area contributed by atoms with Gasteiger partial charge in [0.05, 0.1) is 30.1 Å². The van der Waals surface area contributed by atoms with Gasteiger partial charge in [0.15, 0.2) is 0 Å². The molecule has 38 heavy (non-hydrogen) atoms. The van der Waals surface area contributed by atoms with Crippen LogP contribution in [0, 0.1) is 0 Å². The van der Waals surface area contributed by atoms with Gasteiger partial charge >= 0.3 is 6.18 Å². The summed E-state index contributed by atoms with van der Waals surface area (Å²) >= 11 is 0. The quantitative estimate of drug-likeness (QED) is 0.527. The Kier molecular flexibility index (Phi) is 9.10. The van der Waals surface area contributed by atoms with Crippen molar-refractivity contribution in [2.45, 2.75) is 44.0 Å². The molecule has 2 heterocycles. The van der Waals surface area contributed by atoms with Gasteiger partial charge in [-0.1, -0.05) is 12.1 Å². The predicted molar refractivity (Wildman–Crippen MR) is 133 cm³/mol. The predicted octanol–water partition coefficient (Wildman–Crippen LogP) is 1.87. The van der Waals surface area contributed by atoms with Crippen LogP contribution in [0.15, 0.2) is 30.5 Å². The van der Waals surface area contributed by atoms with E-state index in [1.807, 2.05) is 4.90 Å². The summed E-state index contributed by atoms with van der Waals surface area (Å²) in [4.78, 5) is 32.4. The largest absolute Gasteiger partial charge is 0.416 e. The highest BCUT2D eigenvalue weighted by Crippen LogP contribution is 2.30. The fourth-order valence-electron chi connectivity index (χ4n) is 4.62. The van der Waals surface area contributed by atoms with Crippen LogP contribution in [0.5, 0.6) is 0 Å². The van der Waals surface area contributed by atoms with Gasteiger partial charge in [-0.15, -0.1) is 5.10 Å². The molecule has 2 fully saturated rings. The van der Waals surface area contributed by atoms with Crippen molar-refractivity contribution in [3.05, 3.63) is 36.0 Å². The lowest BCUT2D eigenvalue weighted by Crippen LogP contribution is -2.51. The minimum atomic E-state index is -4.40. The number of rotatable bonds is 8. The number of likely N-dealkylation sites (N-methyl/N-ethyl adjacent to an activating group) is 1. The lowest BCUT2D eigenvalue weighted by Gasteiger charge is -2.35. The van der Waals surface area contributed by atoms with Gasteiger partial charge in [0, 0.05) is 44.8 Å². The molecule has 1 saturated heterocycles. The van der Waals surface area contributed by atoms with Crippen LogP contribution in [-0.4, -0.2) is 90.4 Å². The van der Waals surface area contributed by atoms with Crippen molar-refractivity contribution in [1.82, 2.24) is 30.7 Å². The fraction of sp³-hybridized carbons (Fsp3) is 0.560. The number of amides is 2. The van der Waals surface area contributed by atoms with Gasteiger partial charge < -0.3 is 20.3 Å². The SMILES string of the molecule is CNC(=O)COC1CCC(NC(=O)CN2CCN(c3nncc(-c4ccc(C(F)(F)F)cc4)n3)CC2)CC1. The first-order chi connectivity index (χ1) is 18.2. The number of alkyl halides is 3. The zero-order valence-corrected chi connectivity index (χ0v) is 21.2. The van der Waals surface area contributed by atoms with E-state index in [9.17, 15) is 22.8 Å². The monoisotopic (exact) mass is 535 g/mol.